The number of anilines is 1. The van der Waals surface area contributed by atoms with E-state index < -0.39 is 5.91 Å². The number of carbonyl (C=O) groups is 2. The van der Waals surface area contributed by atoms with Gasteiger partial charge in [-0.15, -0.1) is 0 Å². The lowest BCUT2D eigenvalue weighted by Gasteiger charge is -2.17. The van der Waals surface area contributed by atoms with Crippen LogP contribution in [0.3, 0.4) is 0 Å². The van der Waals surface area contributed by atoms with Crippen LogP contribution in [-0.4, -0.2) is 29.8 Å². The van der Waals surface area contributed by atoms with Crippen LogP contribution in [0.5, 0.6) is 0 Å². The van der Waals surface area contributed by atoms with Crippen molar-refractivity contribution >= 4 is 17.5 Å². The van der Waals surface area contributed by atoms with Crippen LogP contribution in [0.2, 0.25) is 0 Å². The minimum absolute atomic E-state index is 0.180. The second kappa shape index (κ2) is 6.77. The second-order valence-corrected chi connectivity index (χ2v) is 3.70. The van der Waals surface area contributed by atoms with Crippen LogP contribution in [0.1, 0.15) is 17.3 Å². The SMILES string of the molecule is CC(=O)Nc1ccccc1C(=O)N(CC#N)CC#N. The number of rotatable bonds is 4. The minimum atomic E-state index is -0.465. The molecule has 96 valence electrons. The maximum Gasteiger partial charge on any atom is 0.257 e. The van der Waals surface area contributed by atoms with Crippen LogP contribution in [0.4, 0.5) is 5.69 Å². The smallest absolute Gasteiger partial charge is 0.257 e. The zero-order valence-corrected chi connectivity index (χ0v) is 10.4. The minimum Gasteiger partial charge on any atom is -0.326 e. The van der Waals surface area contributed by atoms with E-state index in [9.17, 15) is 9.59 Å². The zero-order valence-electron chi connectivity index (χ0n) is 10.4. The van der Waals surface area contributed by atoms with Gasteiger partial charge in [0.15, 0.2) is 0 Å². The molecule has 1 N–H and O–H groups in total. The number of amides is 2. The molecule has 19 heavy (non-hydrogen) atoms. The van der Waals surface area contributed by atoms with E-state index in [1.807, 2.05) is 12.1 Å². The number of para-hydroxylation sites is 1. The lowest BCUT2D eigenvalue weighted by atomic mass is 10.1. The van der Waals surface area contributed by atoms with Crippen LogP contribution in [0.15, 0.2) is 24.3 Å². The quantitative estimate of drug-likeness (QED) is 0.816. The molecule has 1 aromatic carbocycles. The Morgan fingerprint density at radius 2 is 1.79 bits per heavy atom. The Labute approximate surface area is 110 Å². The third kappa shape index (κ3) is 3.83. The molecule has 0 bridgehead atoms. The molecule has 0 spiro atoms. The fraction of sp³-hybridized carbons (Fsp3) is 0.231. The molecule has 1 aromatic rings. The van der Waals surface area contributed by atoms with E-state index in [1.54, 1.807) is 18.2 Å². The van der Waals surface area contributed by atoms with E-state index in [0.717, 1.165) is 4.90 Å². The first-order chi connectivity index (χ1) is 9.10. The van der Waals surface area contributed by atoms with Crippen molar-refractivity contribution in [3.8, 4) is 12.1 Å². The summed E-state index contributed by atoms with van der Waals surface area (Å²) in [5.41, 5.74) is 0.615. The van der Waals surface area contributed by atoms with Crippen LogP contribution in [0.25, 0.3) is 0 Å². The van der Waals surface area contributed by atoms with E-state index in [1.165, 1.54) is 13.0 Å². The molecule has 0 saturated heterocycles. The lowest BCUT2D eigenvalue weighted by Crippen LogP contribution is -2.32. The molecule has 0 atom stereocenters. The number of nitrogens with one attached hydrogen (secondary N) is 1. The van der Waals surface area contributed by atoms with E-state index in [0.29, 0.717) is 5.69 Å². The average molecular weight is 256 g/mol. The summed E-state index contributed by atoms with van der Waals surface area (Å²) >= 11 is 0. The highest BCUT2D eigenvalue weighted by Crippen LogP contribution is 2.17. The lowest BCUT2D eigenvalue weighted by molar-refractivity contribution is -0.114. The molecule has 0 fully saturated rings. The van der Waals surface area contributed by atoms with E-state index in [2.05, 4.69) is 5.32 Å². The van der Waals surface area contributed by atoms with Crippen molar-refractivity contribution in [3.05, 3.63) is 29.8 Å². The summed E-state index contributed by atoms with van der Waals surface area (Å²) in [6.07, 6.45) is 0. The summed E-state index contributed by atoms with van der Waals surface area (Å²) in [4.78, 5) is 24.4. The first-order valence-corrected chi connectivity index (χ1v) is 5.50. The Kier molecular flexibility index (Phi) is 5.06. The predicted octanol–water partition coefficient (Wildman–Crippen LogP) is 1.13. The number of carbonyl (C=O) groups excluding carboxylic acids is 2. The van der Waals surface area contributed by atoms with Crippen molar-refractivity contribution in [1.82, 2.24) is 4.90 Å². The Hall–Kier alpha value is -2.86. The van der Waals surface area contributed by atoms with Gasteiger partial charge in [-0.3, -0.25) is 9.59 Å². The van der Waals surface area contributed by atoms with E-state index >= 15 is 0 Å². The number of nitriles is 2. The Balaban J connectivity index is 3.07. The van der Waals surface area contributed by atoms with Gasteiger partial charge in [0.1, 0.15) is 13.1 Å². The van der Waals surface area contributed by atoms with Crippen molar-refractivity contribution in [2.75, 3.05) is 18.4 Å². The molecule has 0 heterocycles. The largest absolute Gasteiger partial charge is 0.326 e. The molecule has 0 radical (unpaired) electrons. The highest BCUT2D eigenvalue weighted by molar-refractivity contribution is 6.03. The third-order valence-electron chi connectivity index (χ3n) is 2.28. The fourth-order valence-electron chi connectivity index (χ4n) is 1.51. The van der Waals surface area contributed by atoms with Gasteiger partial charge in [-0.05, 0) is 12.1 Å². The summed E-state index contributed by atoms with van der Waals surface area (Å²) in [5, 5.41) is 19.8. The number of benzene rings is 1. The zero-order chi connectivity index (χ0) is 14.3. The van der Waals surface area contributed by atoms with Gasteiger partial charge < -0.3 is 10.2 Å². The van der Waals surface area contributed by atoms with E-state index in [-0.39, 0.29) is 24.6 Å². The molecular weight excluding hydrogens is 244 g/mol. The molecule has 0 saturated carbocycles. The maximum absolute atomic E-state index is 12.2. The second-order valence-electron chi connectivity index (χ2n) is 3.70. The van der Waals surface area contributed by atoms with Gasteiger partial charge in [-0.2, -0.15) is 10.5 Å². The monoisotopic (exact) mass is 256 g/mol. The summed E-state index contributed by atoms with van der Waals surface area (Å²) < 4.78 is 0. The summed E-state index contributed by atoms with van der Waals surface area (Å²) in [6.45, 7) is 0.977. The molecule has 0 aliphatic carbocycles. The fourth-order valence-corrected chi connectivity index (χ4v) is 1.51. The normalized spacial score (nSPS) is 9.00. The number of nitrogens with zero attached hydrogens (tertiary/aromatic N) is 3. The van der Waals surface area contributed by atoms with Gasteiger partial charge in [0.25, 0.3) is 5.91 Å². The molecule has 6 nitrogen and oxygen atoms in total. The molecular formula is C13H12N4O2. The summed E-state index contributed by atoms with van der Waals surface area (Å²) in [6, 6.07) is 10.1. The molecule has 2 amide bonds. The predicted molar refractivity (Wildman–Crippen MR) is 67.9 cm³/mol. The van der Waals surface area contributed by atoms with Crippen molar-refractivity contribution in [2.45, 2.75) is 6.92 Å². The van der Waals surface area contributed by atoms with Gasteiger partial charge in [0, 0.05) is 6.92 Å². The number of hydrogen-bond acceptors (Lipinski definition) is 4. The highest BCUT2D eigenvalue weighted by atomic mass is 16.2. The Morgan fingerprint density at radius 1 is 1.21 bits per heavy atom. The van der Waals surface area contributed by atoms with Gasteiger partial charge in [-0.25, -0.2) is 0 Å². The van der Waals surface area contributed by atoms with Gasteiger partial charge >= 0.3 is 0 Å². The van der Waals surface area contributed by atoms with Crippen LogP contribution in [-0.2, 0) is 4.79 Å². The topological polar surface area (TPSA) is 97.0 Å². The van der Waals surface area contributed by atoms with Crippen molar-refractivity contribution in [1.29, 1.82) is 10.5 Å². The van der Waals surface area contributed by atoms with Gasteiger partial charge in [-0.1, -0.05) is 12.1 Å². The molecule has 1 rings (SSSR count). The van der Waals surface area contributed by atoms with Crippen LogP contribution < -0.4 is 5.32 Å². The van der Waals surface area contributed by atoms with Crippen molar-refractivity contribution in [2.24, 2.45) is 0 Å². The van der Waals surface area contributed by atoms with Crippen molar-refractivity contribution < 1.29 is 9.59 Å². The Morgan fingerprint density at radius 3 is 2.32 bits per heavy atom. The average Bonchev–Trinajstić information content (AvgIpc) is 2.38. The maximum atomic E-state index is 12.2. The molecule has 0 unspecified atom stereocenters. The molecule has 0 aliphatic rings. The first-order valence-electron chi connectivity index (χ1n) is 5.50. The van der Waals surface area contributed by atoms with Crippen LogP contribution in [0, 0.1) is 22.7 Å². The third-order valence-corrected chi connectivity index (χ3v) is 2.28. The van der Waals surface area contributed by atoms with E-state index in [4.69, 9.17) is 10.5 Å². The summed E-state index contributed by atoms with van der Waals surface area (Å²) in [5.74, 6) is -0.764. The molecule has 6 heteroatoms. The summed E-state index contributed by atoms with van der Waals surface area (Å²) in [7, 11) is 0. The highest BCUT2D eigenvalue weighted by Gasteiger charge is 2.18. The van der Waals surface area contributed by atoms with Crippen LogP contribution >= 0.6 is 0 Å². The van der Waals surface area contributed by atoms with Crippen molar-refractivity contribution in [3.63, 3.8) is 0 Å². The standard InChI is InChI=1S/C13H12N4O2/c1-10(18)16-12-5-3-2-4-11(12)13(19)17(8-6-14)9-7-15/h2-5H,8-9H2,1H3,(H,16,18). The molecule has 0 aliphatic heterocycles. The molecule has 0 aromatic heterocycles. The first kappa shape index (κ1) is 14.2. The number of hydrogen-bond donors (Lipinski definition) is 1. The Bertz CT molecular complexity index is 553. The van der Waals surface area contributed by atoms with Gasteiger partial charge in [0.2, 0.25) is 5.91 Å². The van der Waals surface area contributed by atoms with Gasteiger partial charge in [0.05, 0.1) is 23.4 Å².